The molecule has 1 aliphatic carbocycles. The van der Waals surface area contributed by atoms with Gasteiger partial charge in [-0.05, 0) is 50.5 Å². The Morgan fingerprint density at radius 3 is 2.60 bits per heavy atom. The zero-order chi connectivity index (χ0) is 17.6. The Kier molecular flexibility index (Phi) is 3.82. The van der Waals surface area contributed by atoms with Gasteiger partial charge in [-0.15, -0.1) is 0 Å². The molecular formula is C19H22N3O3+. The molecule has 6 nitrogen and oxygen atoms in total. The first kappa shape index (κ1) is 15.9. The Balaban J connectivity index is 1.70. The first-order valence-corrected chi connectivity index (χ1v) is 8.81. The van der Waals surface area contributed by atoms with E-state index in [9.17, 15) is 9.59 Å². The van der Waals surface area contributed by atoms with Crippen LogP contribution in [0.4, 0.5) is 10.5 Å². The van der Waals surface area contributed by atoms with Crippen LogP contribution in [0, 0.1) is 0 Å². The number of carbonyl (C=O) groups is 2. The summed E-state index contributed by atoms with van der Waals surface area (Å²) in [6.07, 6.45) is 5.84. The van der Waals surface area contributed by atoms with Crippen LogP contribution in [-0.4, -0.2) is 47.3 Å². The lowest BCUT2D eigenvalue weighted by molar-refractivity contribution is -0.449. The predicted molar refractivity (Wildman–Crippen MR) is 93.9 cm³/mol. The first-order valence-electron chi connectivity index (χ1n) is 8.81. The van der Waals surface area contributed by atoms with Crippen molar-refractivity contribution in [3.05, 3.63) is 35.7 Å². The molecule has 1 unspecified atom stereocenters. The maximum absolute atomic E-state index is 13.0. The van der Waals surface area contributed by atoms with Gasteiger partial charge in [-0.25, -0.2) is 14.3 Å². The minimum Gasteiger partial charge on any atom is -0.494 e. The largest absolute Gasteiger partial charge is 0.494 e. The van der Waals surface area contributed by atoms with E-state index in [4.69, 9.17) is 4.74 Å². The monoisotopic (exact) mass is 340 g/mol. The van der Waals surface area contributed by atoms with Crippen molar-refractivity contribution in [2.24, 2.45) is 0 Å². The summed E-state index contributed by atoms with van der Waals surface area (Å²) in [5.41, 5.74) is 2.76. The van der Waals surface area contributed by atoms with E-state index in [-0.39, 0.29) is 11.9 Å². The van der Waals surface area contributed by atoms with E-state index in [0.717, 1.165) is 42.8 Å². The average molecular weight is 340 g/mol. The average Bonchev–Trinajstić information content (AvgIpc) is 2.87. The Morgan fingerprint density at radius 2 is 1.88 bits per heavy atom. The van der Waals surface area contributed by atoms with E-state index in [0.29, 0.717) is 12.3 Å². The molecule has 0 N–H and O–H groups in total. The predicted octanol–water partition coefficient (Wildman–Crippen LogP) is 2.73. The molecule has 3 amide bonds. The van der Waals surface area contributed by atoms with E-state index in [1.54, 1.807) is 29.2 Å². The minimum absolute atomic E-state index is 0.196. The number of hydrogen-bond acceptors (Lipinski definition) is 3. The van der Waals surface area contributed by atoms with E-state index in [1.807, 2.05) is 24.8 Å². The minimum atomic E-state index is -0.541. The van der Waals surface area contributed by atoms with Gasteiger partial charge in [-0.1, -0.05) is 0 Å². The van der Waals surface area contributed by atoms with Gasteiger partial charge in [0.15, 0.2) is 12.3 Å². The van der Waals surface area contributed by atoms with Crippen molar-refractivity contribution in [3.63, 3.8) is 0 Å². The van der Waals surface area contributed by atoms with Crippen LogP contribution in [0.1, 0.15) is 32.6 Å². The second kappa shape index (κ2) is 6.02. The molecule has 25 heavy (non-hydrogen) atoms. The Labute approximate surface area is 147 Å². The maximum atomic E-state index is 13.0. The summed E-state index contributed by atoms with van der Waals surface area (Å²) in [4.78, 5) is 29.0. The quantitative estimate of drug-likeness (QED) is 0.628. The number of anilines is 1. The second-order valence-corrected chi connectivity index (χ2v) is 6.56. The van der Waals surface area contributed by atoms with Crippen molar-refractivity contribution in [3.8, 4) is 5.75 Å². The van der Waals surface area contributed by atoms with Gasteiger partial charge < -0.3 is 4.74 Å². The highest BCUT2D eigenvalue weighted by atomic mass is 16.5. The highest BCUT2D eigenvalue weighted by molar-refractivity contribution is 6.26. The number of hydrogen-bond donors (Lipinski definition) is 0. The smallest absolute Gasteiger partial charge is 0.337 e. The lowest BCUT2D eigenvalue weighted by Crippen LogP contribution is -2.43. The fourth-order valence-electron chi connectivity index (χ4n) is 3.89. The second-order valence-electron chi connectivity index (χ2n) is 6.56. The van der Waals surface area contributed by atoms with Crippen molar-refractivity contribution >= 4 is 23.8 Å². The fraction of sp³-hybridized carbons (Fsp3) is 0.421. The molecular weight excluding hydrogens is 318 g/mol. The number of fused-ring (bicyclic) bond motifs is 2. The Morgan fingerprint density at radius 1 is 1.16 bits per heavy atom. The van der Waals surface area contributed by atoms with Gasteiger partial charge in [0.05, 0.1) is 18.0 Å². The molecule has 0 radical (unpaired) electrons. The maximum Gasteiger partial charge on any atom is 0.337 e. The van der Waals surface area contributed by atoms with E-state index < -0.39 is 6.04 Å². The molecule has 1 aromatic rings. The van der Waals surface area contributed by atoms with Crippen LogP contribution in [-0.2, 0) is 4.79 Å². The molecule has 0 spiro atoms. The summed E-state index contributed by atoms with van der Waals surface area (Å²) in [6.45, 7) is 2.50. The SMILES string of the molecule is CCOc1ccc(N2C(=O)C3C=[N+](C)C4=C(CCCC4)N3C2=O)cc1. The van der Waals surface area contributed by atoms with Gasteiger partial charge in [0.2, 0.25) is 5.70 Å². The van der Waals surface area contributed by atoms with Gasteiger partial charge in [0.1, 0.15) is 12.8 Å². The third kappa shape index (κ3) is 2.44. The lowest BCUT2D eigenvalue weighted by Gasteiger charge is -2.28. The number of nitrogens with zero attached hydrogens (tertiary/aromatic N) is 3. The van der Waals surface area contributed by atoms with Crippen molar-refractivity contribution in [1.29, 1.82) is 0 Å². The molecule has 3 aliphatic rings. The molecule has 2 heterocycles. The topological polar surface area (TPSA) is 52.9 Å². The highest BCUT2D eigenvalue weighted by Gasteiger charge is 2.52. The number of imide groups is 1. The molecule has 6 heteroatoms. The van der Waals surface area contributed by atoms with Crippen LogP contribution < -0.4 is 9.64 Å². The normalized spacial score (nSPS) is 22.8. The molecule has 0 saturated carbocycles. The summed E-state index contributed by atoms with van der Waals surface area (Å²) in [5, 5.41) is 0. The summed E-state index contributed by atoms with van der Waals surface area (Å²) in [5.74, 6) is 0.532. The molecule has 1 fully saturated rings. The third-order valence-electron chi connectivity index (χ3n) is 5.05. The Bertz CT molecular complexity index is 795. The van der Waals surface area contributed by atoms with Crippen molar-refractivity contribution in [1.82, 2.24) is 4.90 Å². The first-order chi connectivity index (χ1) is 12.1. The van der Waals surface area contributed by atoms with Gasteiger partial charge in [-0.2, -0.15) is 0 Å². The zero-order valence-corrected chi connectivity index (χ0v) is 14.6. The van der Waals surface area contributed by atoms with Gasteiger partial charge >= 0.3 is 6.03 Å². The fourth-order valence-corrected chi connectivity index (χ4v) is 3.89. The Hall–Kier alpha value is -2.63. The molecule has 0 bridgehead atoms. The van der Waals surface area contributed by atoms with Crippen LogP contribution >= 0.6 is 0 Å². The number of allylic oxidation sites excluding steroid dienone is 2. The standard InChI is InChI=1S/C19H22N3O3/c1-3-25-14-10-8-13(9-11-14)21-18(23)17-12-20(2)15-6-4-5-7-16(15)22(17)19(21)24/h8-12,17H,3-7H2,1-2H3/q+1. The van der Waals surface area contributed by atoms with Gasteiger partial charge in [-0.3, -0.25) is 9.69 Å². The molecule has 1 aromatic carbocycles. The molecule has 1 saturated heterocycles. The van der Waals surface area contributed by atoms with E-state index in [1.165, 1.54) is 4.90 Å². The van der Waals surface area contributed by atoms with Crippen LogP contribution in [0.2, 0.25) is 0 Å². The number of ether oxygens (including phenoxy) is 1. The van der Waals surface area contributed by atoms with Crippen LogP contribution in [0.3, 0.4) is 0 Å². The lowest BCUT2D eigenvalue weighted by atomic mass is 9.97. The molecule has 2 aliphatic heterocycles. The molecule has 130 valence electrons. The van der Waals surface area contributed by atoms with E-state index >= 15 is 0 Å². The molecule has 4 rings (SSSR count). The zero-order valence-electron chi connectivity index (χ0n) is 14.6. The summed E-state index contributed by atoms with van der Waals surface area (Å²) >= 11 is 0. The number of rotatable bonds is 3. The van der Waals surface area contributed by atoms with Crippen LogP contribution in [0.25, 0.3) is 0 Å². The number of carbonyl (C=O) groups excluding carboxylic acids is 2. The highest BCUT2D eigenvalue weighted by Crippen LogP contribution is 2.36. The summed E-state index contributed by atoms with van der Waals surface area (Å²) in [6, 6.07) is 6.31. The van der Waals surface area contributed by atoms with Crippen molar-refractivity contribution in [2.45, 2.75) is 38.6 Å². The summed E-state index contributed by atoms with van der Waals surface area (Å²) in [7, 11) is 1.97. The van der Waals surface area contributed by atoms with Crippen molar-refractivity contribution < 1.29 is 18.9 Å². The van der Waals surface area contributed by atoms with Gasteiger partial charge in [0.25, 0.3) is 5.91 Å². The molecule has 0 aromatic heterocycles. The van der Waals surface area contributed by atoms with Crippen LogP contribution in [0.15, 0.2) is 35.7 Å². The van der Waals surface area contributed by atoms with E-state index in [2.05, 4.69) is 0 Å². The third-order valence-corrected chi connectivity index (χ3v) is 5.05. The van der Waals surface area contributed by atoms with Crippen molar-refractivity contribution in [2.75, 3.05) is 18.6 Å². The van der Waals surface area contributed by atoms with Gasteiger partial charge in [0, 0.05) is 6.42 Å². The number of amides is 3. The molecule has 1 atom stereocenters. The number of benzene rings is 1. The summed E-state index contributed by atoms with van der Waals surface area (Å²) < 4.78 is 7.47. The van der Waals surface area contributed by atoms with Crippen LogP contribution in [0.5, 0.6) is 5.75 Å². The number of urea groups is 1.